The predicted molar refractivity (Wildman–Crippen MR) is 139 cm³/mol. The van der Waals surface area contributed by atoms with E-state index in [4.69, 9.17) is 14.2 Å². The summed E-state index contributed by atoms with van der Waals surface area (Å²) in [5, 5.41) is 3.20. The van der Waals surface area contributed by atoms with Crippen LogP contribution in [0.15, 0.2) is 30.3 Å². The average molecular weight is 482 g/mol. The van der Waals surface area contributed by atoms with Crippen molar-refractivity contribution in [3.8, 4) is 17.2 Å². The number of carbonyl (C=O) groups excluding carboxylic acids is 1. The maximum Gasteiger partial charge on any atom is 0.251 e. The highest BCUT2D eigenvalue weighted by atomic mass is 16.5. The third kappa shape index (κ3) is 5.67. The molecule has 35 heavy (non-hydrogen) atoms. The normalized spacial score (nSPS) is 16.2. The Balaban J connectivity index is 1.56. The minimum Gasteiger partial charge on any atom is -0.490 e. The van der Waals surface area contributed by atoms with Crippen molar-refractivity contribution in [1.82, 2.24) is 10.2 Å². The first-order valence-corrected chi connectivity index (χ1v) is 13.0. The molecule has 4 rings (SSSR count). The number of likely N-dealkylation sites (N-methyl/N-ethyl adjacent to an activating group) is 1. The zero-order valence-corrected chi connectivity index (χ0v) is 21.6. The van der Waals surface area contributed by atoms with E-state index in [9.17, 15) is 4.79 Å². The van der Waals surface area contributed by atoms with Crippen molar-refractivity contribution >= 4 is 11.6 Å². The van der Waals surface area contributed by atoms with Crippen molar-refractivity contribution in [2.45, 2.75) is 46.1 Å². The van der Waals surface area contributed by atoms with Crippen molar-refractivity contribution in [3.63, 3.8) is 0 Å². The van der Waals surface area contributed by atoms with Crippen LogP contribution < -0.4 is 24.4 Å². The molecule has 1 N–H and O–H groups in total. The molecular formula is C28H39N3O4. The number of ether oxygens (including phenoxy) is 3. The molecular weight excluding hydrogens is 442 g/mol. The van der Waals surface area contributed by atoms with Crippen molar-refractivity contribution < 1.29 is 19.0 Å². The molecule has 7 nitrogen and oxygen atoms in total. The Kier molecular flexibility index (Phi) is 8.39. The first-order valence-electron chi connectivity index (χ1n) is 13.0. The second kappa shape index (κ2) is 11.7. The standard InChI is InChI=1S/C28H39N3O4/c1-5-33-25-17-22(18-26(34-6-2)27(25)35-7-3)28(32)29-19-24(31-13-8-9-14-31)20-10-11-23-21(16-20)12-15-30(23)4/h10-11,16-18,24H,5-9,12-15,19H2,1-4H3,(H,29,32)/t24-/m0/s1. The van der Waals surface area contributed by atoms with Gasteiger partial charge < -0.3 is 24.4 Å². The van der Waals surface area contributed by atoms with Gasteiger partial charge in [-0.25, -0.2) is 0 Å². The van der Waals surface area contributed by atoms with Gasteiger partial charge in [0.15, 0.2) is 11.5 Å². The minimum atomic E-state index is -0.139. The molecule has 0 saturated carbocycles. The van der Waals surface area contributed by atoms with Crippen LogP contribution in [0.5, 0.6) is 17.2 Å². The maximum absolute atomic E-state index is 13.3. The van der Waals surface area contributed by atoms with Crippen LogP contribution in [-0.4, -0.2) is 63.9 Å². The summed E-state index contributed by atoms with van der Waals surface area (Å²) in [5.41, 5.74) is 4.50. The van der Waals surface area contributed by atoms with Crippen LogP contribution in [0.4, 0.5) is 5.69 Å². The number of amides is 1. The number of nitrogens with zero attached hydrogens (tertiary/aromatic N) is 2. The van der Waals surface area contributed by atoms with Crippen molar-refractivity contribution in [2.24, 2.45) is 0 Å². The van der Waals surface area contributed by atoms with Crippen molar-refractivity contribution in [1.29, 1.82) is 0 Å². The van der Waals surface area contributed by atoms with Crippen LogP contribution in [-0.2, 0) is 6.42 Å². The zero-order valence-electron chi connectivity index (χ0n) is 21.6. The Morgan fingerprint density at radius 1 is 0.943 bits per heavy atom. The van der Waals surface area contributed by atoms with Gasteiger partial charge in [0.25, 0.3) is 5.91 Å². The second-order valence-electron chi connectivity index (χ2n) is 9.13. The monoisotopic (exact) mass is 481 g/mol. The van der Waals surface area contributed by atoms with Gasteiger partial charge in [0.05, 0.1) is 25.9 Å². The van der Waals surface area contributed by atoms with Gasteiger partial charge in [-0.2, -0.15) is 0 Å². The Morgan fingerprint density at radius 2 is 1.60 bits per heavy atom. The summed E-state index contributed by atoms with van der Waals surface area (Å²) in [5.74, 6) is 1.47. The molecule has 0 aromatic heterocycles. The fourth-order valence-electron chi connectivity index (χ4n) is 5.12. The summed E-state index contributed by atoms with van der Waals surface area (Å²) in [6, 6.07) is 10.5. The average Bonchev–Trinajstić information content (AvgIpc) is 3.51. The van der Waals surface area contributed by atoms with E-state index in [1.807, 2.05) is 20.8 Å². The molecule has 2 aromatic carbocycles. The van der Waals surface area contributed by atoms with Crippen LogP contribution in [0.3, 0.4) is 0 Å². The highest BCUT2D eigenvalue weighted by Crippen LogP contribution is 2.39. The first-order chi connectivity index (χ1) is 17.0. The lowest BCUT2D eigenvalue weighted by molar-refractivity contribution is 0.0936. The summed E-state index contributed by atoms with van der Waals surface area (Å²) in [4.78, 5) is 18.1. The lowest BCUT2D eigenvalue weighted by atomic mass is 10.0. The van der Waals surface area contributed by atoms with Gasteiger partial charge >= 0.3 is 0 Å². The topological polar surface area (TPSA) is 63.3 Å². The van der Waals surface area contributed by atoms with Gasteiger partial charge in [0, 0.05) is 31.4 Å². The molecule has 2 aliphatic heterocycles. The largest absolute Gasteiger partial charge is 0.490 e. The first kappa shape index (κ1) is 25.2. The van der Waals surface area contributed by atoms with E-state index >= 15 is 0 Å². The minimum absolute atomic E-state index is 0.139. The predicted octanol–water partition coefficient (Wildman–Crippen LogP) is 4.44. The van der Waals surface area contributed by atoms with Crippen LogP contribution in [0, 0.1) is 0 Å². The molecule has 0 bridgehead atoms. The SMILES string of the molecule is CCOc1cc(C(=O)NC[C@@H](c2ccc3c(c2)CCN3C)N2CCCC2)cc(OCC)c1OCC. The third-order valence-corrected chi connectivity index (χ3v) is 6.82. The molecule has 0 radical (unpaired) electrons. The Bertz CT molecular complexity index is 992. The van der Waals surface area contributed by atoms with Gasteiger partial charge in [-0.1, -0.05) is 12.1 Å². The second-order valence-corrected chi connectivity index (χ2v) is 9.13. The van der Waals surface area contributed by atoms with Crippen molar-refractivity contribution in [2.75, 3.05) is 57.9 Å². The lowest BCUT2D eigenvalue weighted by Gasteiger charge is -2.29. The zero-order chi connectivity index (χ0) is 24.8. The molecule has 1 saturated heterocycles. The van der Waals surface area contributed by atoms with E-state index < -0.39 is 0 Å². The molecule has 190 valence electrons. The molecule has 7 heteroatoms. The molecule has 2 aromatic rings. The number of hydrogen-bond acceptors (Lipinski definition) is 6. The van der Waals surface area contributed by atoms with Crippen LogP contribution in [0.25, 0.3) is 0 Å². The Hall–Kier alpha value is -2.93. The number of likely N-dealkylation sites (tertiary alicyclic amines) is 1. The van der Waals surface area contributed by atoms with E-state index in [0.717, 1.165) is 26.1 Å². The molecule has 2 heterocycles. The van der Waals surface area contributed by atoms with Gasteiger partial charge in [-0.05, 0) is 82.4 Å². The molecule has 0 aliphatic carbocycles. The number of rotatable bonds is 11. The number of benzene rings is 2. The maximum atomic E-state index is 13.3. The molecule has 1 amide bonds. The van der Waals surface area contributed by atoms with Crippen LogP contribution in [0.1, 0.15) is 61.1 Å². The molecule has 1 atom stereocenters. The van der Waals surface area contributed by atoms with Gasteiger partial charge in [0.1, 0.15) is 0 Å². The number of hydrogen-bond donors (Lipinski definition) is 1. The van der Waals surface area contributed by atoms with E-state index in [0.29, 0.717) is 49.2 Å². The van der Waals surface area contributed by atoms with Gasteiger partial charge in [-0.3, -0.25) is 9.69 Å². The fourth-order valence-corrected chi connectivity index (χ4v) is 5.12. The smallest absolute Gasteiger partial charge is 0.251 e. The summed E-state index contributed by atoms with van der Waals surface area (Å²) >= 11 is 0. The van der Waals surface area contributed by atoms with E-state index in [2.05, 4.69) is 40.4 Å². The van der Waals surface area contributed by atoms with E-state index in [1.165, 1.54) is 29.7 Å². The molecule has 0 spiro atoms. The highest BCUT2D eigenvalue weighted by molar-refractivity contribution is 5.95. The summed E-state index contributed by atoms with van der Waals surface area (Å²) in [7, 11) is 2.15. The Labute approximate surface area is 209 Å². The van der Waals surface area contributed by atoms with Gasteiger partial charge in [-0.15, -0.1) is 0 Å². The van der Waals surface area contributed by atoms with Crippen LogP contribution in [0.2, 0.25) is 0 Å². The number of anilines is 1. The highest BCUT2D eigenvalue weighted by Gasteiger charge is 2.27. The third-order valence-electron chi connectivity index (χ3n) is 6.82. The summed E-state index contributed by atoms with van der Waals surface area (Å²) in [6.07, 6.45) is 3.48. The fraction of sp³-hybridized carbons (Fsp3) is 0.536. The van der Waals surface area contributed by atoms with E-state index in [1.54, 1.807) is 12.1 Å². The van der Waals surface area contributed by atoms with Crippen LogP contribution >= 0.6 is 0 Å². The summed E-state index contributed by atoms with van der Waals surface area (Å²) in [6.45, 7) is 10.9. The quantitative estimate of drug-likeness (QED) is 0.512. The van der Waals surface area contributed by atoms with E-state index in [-0.39, 0.29) is 11.9 Å². The van der Waals surface area contributed by atoms with Gasteiger partial charge in [0.2, 0.25) is 5.75 Å². The Morgan fingerprint density at radius 3 is 2.23 bits per heavy atom. The molecule has 1 fully saturated rings. The number of nitrogens with one attached hydrogen (secondary N) is 1. The number of carbonyl (C=O) groups is 1. The van der Waals surface area contributed by atoms with Crippen molar-refractivity contribution in [3.05, 3.63) is 47.0 Å². The number of fused-ring (bicyclic) bond motifs is 1. The summed E-state index contributed by atoms with van der Waals surface area (Å²) < 4.78 is 17.4. The molecule has 0 unspecified atom stereocenters. The molecule has 2 aliphatic rings. The lowest BCUT2D eigenvalue weighted by Crippen LogP contribution is -2.36.